The Labute approximate surface area is 105 Å². The van der Waals surface area contributed by atoms with Gasteiger partial charge in [0, 0.05) is 12.1 Å². The summed E-state index contributed by atoms with van der Waals surface area (Å²) in [6, 6.07) is 1.31. The zero-order valence-electron chi connectivity index (χ0n) is 11.0. The molecule has 0 spiro atoms. The molecule has 3 aliphatic rings. The largest absolute Gasteiger partial charge is 0.391 e. The summed E-state index contributed by atoms with van der Waals surface area (Å²) in [7, 11) is 0. The first-order chi connectivity index (χ1) is 8.36. The van der Waals surface area contributed by atoms with Gasteiger partial charge in [-0.15, -0.1) is 0 Å². The summed E-state index contributed by atoms with van der Waals surface area (Å²) in [6.45, 7) is 1.25. The normalized spacial score (nSPS) is 44.3. The number of aliphatic hydroxyl groups is 1. The molecule has 2 nitrogen and oxygen atoms in total. The second kappa shape index (κ2) is 5.27. The predicted octanol–water partition coefficient (Wildman–Crippen LogP) is 2.94. The Hall–Kier alpha value is -0.0800. The van der Waals surface area contributed by atoms with Crippen LogP contribution in [0.15, 0.2) is 0 Å². The zero-order valence-corrected chi connectivity index (χ0v) is 11.0. The first kappa shape index (κ1) is 12.0. The van der Waals surface area contributed by atoms with Crippen LogP contribution in [0.4, 0.5) is 0 Å². The maximum Gasteiger partial charge on any atom is 0.0695 e. The second-order valence-corrected chi connectivity index (χ2v) is 6.41. The van der Waals surface area contributed by atoms with Gasteiger partial charge in [0.15, 0.2) is 0 Å². The van der Waals surface area contributed by atoms with Gasteiger partial charge in [0.25, 0.3) is 0 Å². The van der Waals surface area contributed by atoms with Crippen molar-refractivity contribution in [3.05, 3.63) is 0 Å². The molecule has 1 saturated heterocycles. The molecule has 4 unspecified atom stereocenters. The van der Waals surface area contributed by atoms with E-state index < -0.39 is 0 Å². The van der Waals surface area contributed by atoms with Crippen molar-refractivity contribution in [2.45, 2.75) is 82.4 Å². The molecule has 0 aromatic heterocycles. The molecule has 2 heteroatoms. The number of piperidine rings is 1. The van der Waals surface area contributed by atoms with E-state index in [-0.39, 0.29) is 6.10 Å². The lowest BCUT2D eigenvalue weighted by molar-refractivity contribution is -0.00805. The Morgan fingerprint density at radius 3 is 2.41 bits per heavy atom. The van der Waals surface area contributed by atoms with Crippen LogP contribution in [0.3, 0.4) is 0 Å². The van der Waals surface area contributed by atoms with Crippen molar-refractivity contribution in [1.82, 2.24) is 4.90 Å². The van der Waals surface area contributed by atoms with Crippen molar-refractivity contribution in [2.24, 2.45) is 5.92 Å². The van der Waals surface area contributed by atoms with Crippen LogP contribution >= 0.6 is 0 Å². The van der Waals surface area contributed by atoms with Crippen LogP contribution in [0.1, 0.15) is 64.2 Å². The van der Waals surface area contributed by atoms with Crippen LogP contribution in [-0.2, 0) is 0 Å². The summed E-state index contributed by atoms with van der Waals surface area (Å²) in [5, 5.41) is 10.4. The van der Waals surface area contributed by atoms with Gasteiger partial charge in [0.1, 0.15) is 0 Å². The molecular formula is C15H27NO. The molecule has 98 valence electrons. The highest BCUT2D eigenvalue weighted by molar-refractivity contribution is 4.94. The third-order valence-corrected chi connectivity index (χ3v) is 5.41. The van der Waals surface area contributed by atoms with Crippen molar-refractivity contribution in [2.75, 3.05) is 6.54 Å². The molecule has 3 rings (SSSR count). The highest BCUT2D eigenvalue weighted by Gasteiger charge is 2.40. The fourth-order valence-electron chi connectivity index (χ4n) is 4.56. The highest BCUT2D eigenvalue weighted by Crippen LogP contribution is 2.39. The zero-order chi connectivity index (χ0) is 11.7. The summed E-state index contributed by atoms with van der Waals surface area (Å²) in [4.78, 5) is 2.72. The summed E-state index contributed by atoms with van der Waals surface area (Å²) in [6.07, 6.45) is 13.2. The molecule has 0 aromatic rings. The van der Waals surface area contributed by atoms with Gasteiger partial charge in [0.2, 0.25) is 0 Å². The first-order valence-electron chi connectivity index (χ1n) is 7.80. The number of aliphatic hydroxyl groups excluding tert-OH is 1. The lowest BCUT2D eigenvalue weighted by atomic mass is 9.89. The van der Waals surface area contributed by atoms with Crippen LogP contribution in [0.5, 0.6) is 0 Å². The van der Waals surface area contributed by atoms with Gasteiger partial charge in [-0.3, -0.25) is 4.90 Å². The average molecular weight is 237 g/mol. The predicted molar refractivity (Wildman–Crippen MR) is 69.9 cm³/mol. The molecule has 0 amide bonds. The molecule has 17 heavy (non-hydrogen) atoms. The fourth-order valence-corrected chi connectivity index (χ4v) is 4.56. The number of hydrogen-bond donors (Lipinski definition) is 1. The smallest absolute Gasteiger partial charge is 0.0695 e. The Morgan fingerprint density at radius 2 is 1.47 bits per heavy atom. The lowest BCUT2D eigenvalue weighted by Crippen LogP contribution is -2.52. The van der Waals surface area contributed by atoms with Gasteiger partial charge in [-0.05, 0) is 51.0 Å². The molecule has 2 saturated carbocycles. The van der Waals surface area contributed by atoms with E-state index in [1.54, 1.807) is 0 Å². The summed E-state index contributed by atoms with van der Waals surface area (Å²) in [5.41, 5.74) is 0. The molecule has 0 radical (unpaired) electrons. The number of rotatable bonds is 1. The molecule has 3 fully saturated rings. The fraction of sp³-hybridized carbons (Fsp3) is 1.00. The Morgan fingerprint density at radius 1 is 0.706 bits per heavy atom. The summed E-state index contributed by atoms with van der Waals surface area (Å²) >= 11 is 0. The second-order valence-electron chi connectivity index (χ2n) is 6.41. The van der Waals surface area contributed by atoms with E-state index in [2.05, 4.69) is 4.90 Å². The number of nitrogens with zero attached hydrogens (tertiary/aromatic N) is 1. The van der Waals surface area contributed by atoms with E-state index in [4.69, 9.17) is 0 Å². The monoisotopic (exact) mass is 237 g/mol. The summed E-state index contributed by atoms with van der Waals surface area (Å²) < 4.78 is 0. The van der Waals surface area contributed by atoms with E-state index in [0.29, 0.717) is 6.04 Å². The van der Waals surface area contributed by atoms with Crippen molar-refractivity contribution < 1.29 is 5.11 Å². The molecular weight excluding hydrogens is 210 g/mol. The number of hydrogen-bond acceptors (Lipinski definition) is 2. The Balaban J connectivity index is 1.72. The van der Waals surface area contributed by atoms with Crippen LogP contribution in [0.2, 0.25) is 0 Å². The SMILES string of the molecule is OC1CCCCCC1N1CCCC2CCCC21. The minimum Gasteiger partial charge on any atom is -0.391 e. The molecule has 0 bridgehead atoms. The minimum absolute atomic E-state index is 0.0446. The van der Waals surface area contributed by atoms with Crippen LogP contribution in [0, 0.1) is 5.92 Å². The molecule has 1 aliphatic heterocycles. The minimum atomic E-state index is -0.0446. The molecule has 4 atom stereocenters. The van der Waals surface area contributed by atoms with Gasteiger partial charge in [-0.1, -0.05) is 25.7 Å². The van der Waals surface area contributed by atoms with Crippen LogP contribution < -0.4 is 0 Å². The van der Waals surface area contributed by atoms with Crippen LogP contribution in [0.25, 0.3) is 0 Å². The summed E-state index contributed by atoms with van der Waals surface area (Å²) in [5.74, 6) is 0.958. The highest BCUT2D eigenvalue weighted by atomic mass is 16.3. The first-order valence-corrected chi connectivity index (χ1v) is 7.80. The van der Waals surface area contributed by atoms with E-state index >= 15 is 0 Å². The Bertz CT molecular complexity index is 255. The molecule has 2 aliphatic carbocycles. The maximum atomic E-state index is 10.4. The van der Waals surface area contributed by atoms with Crippen molar-refractivity contribution in [3.63, 3.8) is 0 Å². The van der Waals surface area contributed by atoms with Crippen molar-refractivity contribution >= 4 is 0 Å². The van der Waals surface area contributed by atoms with Gasteiger partial charge in [0.05, 0.1) is 6.10 Å². The standard InChI is InChI=1S/C15H27NO/c17-15-10-3-1-2-8-14(15)16-11-5-7-12-6-4-9-13(12)16/h12-15,17H,1-11H2. The van der Waals surface area contributed by atoms with E-state index in [1.807, 2.05) is 0 Å². The van der Waals surface area contributed by atoms with Gasteiger partial charge in [-0.25, -0.2) is 0 Å². The van der Waals surface area contributed by atoms with Gasteiger partial charge < -0.3 is 5.11 Å². The third-order valence-electron chi connectivity index (χ3n) is 5.41. The van der Waals surface area contributed by atoms with Crippen molar-refractivity contribution in [3.8, 4) is 0 Å². The van der Waals surface area contributed by atoms with Gasteiger partial charge in [-0.2, -0.15) is 0 Å². The molecule has 0 aromatic carbocycles. The molecule has 1 heterocycles. The van der Waals surface area contributed by atoms with E-state index in [9.17, 15) is 5.11 Å². The number of fused-ring (bicyclic) bond motifs is 1. The van der Waals surface area contributed by atoms with Crippen LogP contribution in [-0.4, -0.2) is 34.7 Å². The lowest BCUT2D eigenvalue weighted by Gasteiger charge is -2.44. The Kier molecular flexibility index (Phi) is 3.72. The van der Waals surface area contributed by atoms with E-state index in [0.717, 1.165) is 18.4 Å². The molecule has 1 N–H and O–H groups in total. The topological polar surface area (TPSA) is 23.5 Å². The maximum absolute atomic E-state index is 10.4. The van der Waals surface area contributed by atoms with Crippen molar-refractivity contribution in [1.29, 1.82) is 0 Å². The average Bonchev–Trinajstić information content (AvgIpc) is 2.72. The van der Waals surface area contributed by atoms with Gasteiger partial charge >= 0.3 is 0 Å². The van der Waals surface area contributed by atoms with E-state index in [1.165, 1.54) is 64.3 Å². The number of likely N-dealkylation sites (tertiary alicyclic amines) is 1. The quantitative estimate of drug-likeness (QED) is 0.709. The third kappa shape index (κ3) is 2.39.